The maximum absolute atomic E-state index is 12.5. The van der Waals surface area contributed by atoms with Gasteiger partial charge in [-0.25, -0.2) is 9.48 Å². The Morgan fingerprint density at radius 3 is 2.61 bits per heavy atom. The summed E-state index contributed by atoms with van der Waals surface area (Å²) in [6.45, 7) is 3.83. The van der Waals surface area contributed by atoms with E-state index < -0.39 is 18.3 Å². The molecule has 0 bridgehead atoms. The molecular formula is C21H20BrN3O3. The van der Waals surface area contributed by atoms with Crippen molar-refractivity contribution in [2.45, 2.75) is 25.2 Å². The monoisotopic (exact) mass is 441 g/mol. The zero-order chi connectivity index (χ0) is 19.7. The molecule has 1 heterocycles. The third-order valence-electron chi connectivity index (χ3n) is 5.37. The highest BCUT2D eigenvalue weighted by atomic mass is 79.9. The number of ether oxygens (including phenoxy) is 1. The van der Waals surface area contributed by atoms with Crippen LogP contribution in [0.4, 0.5) is 0 Å². The number of para-hydroxylation sites is 1. The van der Waals surface area contributed by atoms with Crippen molar-refractivity contribution in [3.63, 3.8) is 0 Å². The number of aliphatic hydroxyl groups excluding tert-OH is 1. The van der Waals surface area contributed by atoms with Crippen LogP contribution in [0.5, 0.6) is 0 Å². The van der Waals surface area contributed by atoms with E-state index in [1.54, 1.807) is 35.0 Å². The van der Waals surface area contributed by atoms with Crippen LogP contribution in [0.1, 0.15) is 29.4 Å². The fourth-order valence-corrected chi connectivity index (χ4v) is 3.95. The standard InChI is InChI=1S/C21H20BrN3O3/c1-2-19(28-21(27)13-7-9-14(22)10-8-13)15-11-12-16(15)20(26)25-18-6-4-3-5-17(18)23-24-25/h2-10,15-16,19-20,26H,1,11-12H2/t15-,16-,19?,20?/m1/s1. The molecule has 1 aliphatic carbocycles. The van der Waals surface area contributed by atoms with Crippen LogP contribution in [0.25, 0.3) is 11.0 Å². The maximum Gasteiger partial charge on any atom is 0.338 e. The quantitative estimate of drug-likeness (QED) is 0.459. The third kappa shape index (κ3) is 3.47. The molecule has 4 rings (SSSR count). The van der Waals surface area contributed by atoms with E-state index in [1.165, 1.54) is 0 Å². The van der Waals surface area contributed by atoms with Crippen LogP contribution in [0.2, 0.25) is 0 Å². The van der Waals surface area contributed by atoms with E-state index in [2.05, 4.69) is 32.8 Å². The van der Waals surface area contributed by atoms with Crippen molar-refractivity contribution in [1.82, 2.24) is 15.0 Å². The average molecular weight is 442 g/mol. The van der Waals surface area contributed by atoms with E-state index in [-0.39, 0.29) is 11.8 Å². The summed E-state index contributed by atoms with van der Waals surface area (Å²) >= 11 is 3.35. The number of rotatable bonds is 6. The maximum atomic E-state index is 12.5. The number of aromatic nitrogens is 3. The Labute approximate surface area is 170 Å². The molecule has 1 fully saturated rings. The van der Waals surface area contributed by atoms with E-state index in [0.29, 0.717) is 5.56 Å². The minimum Gasteiger partial charge on any atom is -0.454 e. The topological polar surface area (TPSA) is 77.2 Å². The lowest BCUT2D eigenvalue weighted by atomic mass is 9.69. The van der Waals surface area contributed by atoms with Gasteiger partial charge in [-0.15, -0.1) is 5.10 Å². The number of carbonyl (C=O) groups excluding carboxylic acids is 1. The molecule has 3 aromatic rings. The van der Waals surface area contributed by atoms with Crippen LogP contribution in [0, 0.1) is 11.8 Å². The first-order valence-electron chi connectivity index (χ1n) is 9.15. The number of esters is 1. The van der Waals surface area contributed by atoms with E-state index in [9.17, 15) is 9.90 Å². The lowest BCUT2D eigenvalue weighted by molar-refractivity contribution is -0.0793. The Morgan fingerprint density at radius 1 is 1.21 bits per heavy atom. The first-order chi connectivity index (χ1) is 13.6. The van der Waals surface area contributed by atoms with Gasteiger partial charge >= 0.3 is 5.97 Å². The smallest absolute Gasteiger partial charge is 0.338 e. The zero-order valence-electron chi connectivity index (χ0n) is 15.1. The molecule has 1 N–H and O–H groups in total. The molecule has 0 amide bonds. The average Bonchev–Trinajstić information content (AvgIpc) is 3.11. The second-order valence-electron chi connectivity index (χ2n) is 6.95. The number of benzene rings is 2. The highest BCUT2D eigenvalue weighted by Gasteiger charge is 2.43. The summed E-state index contributed by atoms with van der Waals surface area (Å²) in [5.41, 5.74) is 2.00. The summed E-state index contributed by atoms with van der Waals surface area (Å²) < 4.78 is 8.13. The molecule has 4 atom stereocenters. The SMILES string of the molecule is C=CC(OC(=O)c1ccc(Br)cc1)[C@@H]1CC[C@H]1C(O)n1nnc2ccccc21. The van der Waals surface area contributed by atoms with Gasteiger partial charge in [-0.3, -0.25) is 0 Å². The van der Waals surface area contributed by atoms with Crippen LogP contribution in [-0.2, 0) is 4.74 Å². The molecule has 28 heavy (non-hydrogen) atoms. The summed E-state index contributed by atoms with van der Waals surface area (Å²) in [6, 6.07) is 14.5. The van der Waals surface area contributed by atoms with Crippen molar-refractivity contribution >= 4 is 32.9 Å². The van der Waals surface area contributed by atoms with Gasteiger partial charge in [0.1, 0.15) is 11.6 Å². The van der Waals surface area contributed by atoms with Gasteiger partial charge < -0.3 is 9.84 Å². The van der Waals surface area contributed by atoms with Crippen molar-refractivity contribution in [2.75, 3.05) is 0 Å². The van der Waals surface area contributed by atoms with Gasteiger partial charge in [-0.1, -0.05) is 45.9 Å². The minimum atomic E-state index is -0.833. The third-order valence-corrected chi connectivity index (χ3v) is 5.90. The Morgan fingerprint density at radius 2 is 1.93 bits per heavy atom. The Hall–Kier alpha value is -2.51. The molecule has 1 saturated carbocycles. The summed E-state index contributed by atoms with van der Waals surface area (Å²) in [4.78, 5) is 12.5. The molecule has 7 heteroatoms. The first-order valence-corrected chi connectivity index (χ1v) is 9.95. The molecule has 144 valence electrons. The van der Waals surface area contributed by atoms with Crippen molar-refractivity contribution in [3.05, 3.63) is 71.2 Å². The molecule has 0 saturated heterocycles. The first kappa shape index (κ1) is 18.8. The Kier molecular flexibility index (Phi) is 5.28. The van der Waals surface area contributed by atoms with Crippen LogP contribution in [0.15, 0.2) is 65.7 Å². The van der Waals surface area contributed by atoms with Gasteiger partial charge in [0.15, 0.2) is 6.23 Å². The number of hydrogen-bond donors (Lipinski definition) is 1. The molecule has 0 spiro atoms. The summed E-state index contributed by atoms with van der Waals surface area (Å²) in [7, 11) is 0. The van der Waals surface area contributed by atoms with Crippen LogP contribution < -0.4 is 0 Å². The van der Waals surface area contributed by atoms with Gasteiger partial charge in [0.2, 0.25) is 0 Å². The predicted octanol–water partition coefficient (Wildman–Crippen LogP) is 4.12. The molecule has 2 aromatic carbocycles. The Balaban J connectivity index is 1.49. The number of hydrogen-bond acceptors (Lipinski definition) is 5. The summed E-state index contributed by atoms with van der Waals surface area (Å²) in [5.74, 6) is -0.510. The van der Waals surface area contributed by atoms with E-state index in [1.807, 2.05) is 24.3 Å². The molecule has 2 unspecified atom stereocenters. The van der Waals surface area contributed by atoms with E-state index in [4.69, 9.17) is 4.74 Å². The molecule has 0 aliphatic heterocycles. The van der Waals surface area contributed by atoms with Crippen molar-refractivity contribution in [1.29, 1.82) is 0 Å². The molecular weight excluding hydrogens is 422 g/mol. The zero-order valence-corrected chi connectivity index (χ0v) is 16.7. The fraction of sp³-hybridized carbons (Fsp3) is 0.286. The highest BCUT2D eigenvalue weighted by Crippen LogP contribution is 2.44. The normalized spacial score (nSPS) is 20.9. The van der Waals surface area contributed by atoms with E-state index in [0.717, 1.165) is 28.3 Å². The number of nitrogens with zero attached hydrogens (tertiary/aromatic N) is 3. The molecule has 1 aromatic heterocycles. The second-order valence-corrected chi connectivity index (χ2v) is 7.87. The second kappa shape index (κ2) is 7.85. The summed E-state index contributed by atoms with van der Waals surface area (Å²) in [6.07, 6.45) is 2.00. The van der Waals surface area contributed by atoms with Crippen molar-refractivity contribution < 1.29 is 14.6 Å². The van der Waals surface area contributed by atoms with Gasteiger partial charge in [0, 0.05) is 16.3 Å². The number of fused-ring (bicyclic) bond motifs is 1. The highest BCUT2D eigenvalue weighted by molar-refractivity contribution is 9.10. The molecule has 0 radical (unpaired) electrons. The van der Waals surface area contributed by atoms with Crippen molar-refractivity contribution in [3.8, 4) is 0 Å². The van der Waals surface area contributed by atoms with Crippen molar-refractivity contribution in [2.24, 2.45) is 11.8 Å². The van der Waals surface area contributed by atoms with Crippen LogP contribution in [-0.4, -0.2) is 32.2 Å². The largest absolute Gasteiger partial charge is 0.454 e. The van der Waals surface area contributed by atoms with Gasteiger partial charge in [-0.05, 0) is 49.2 Å². The van der Waals surface area contributed by atoms with E-state index >= 15 is 0 Å². The molecule has 6 nitrogen and oxygen atoms in total. The summed E-state index contributed by atoms with van der Waals surface area (Å²) in [5, 5.41) is 19.1. The predicted molar refractivity (Wildman–Crippen MR) is 109 cm³/mol. The lowest BCUT2D eigenvalue weighted by Crippen LogP contribution is -2.42. The minimum absolute atomic E-state index is 0.0186. The lowest BCUT2D eigenvalue weighted by Gasteiger charge is -2.42. The fourth-order valence-electron chi connectivity index (χ4n) is 3.68. The van der Waals surface area contributed by atoms with Gasteiger partial charge in [-0.2, -0.15) is 0 Å². The van der Waals surface area contributed by atoms with Crippen LogP contribution in [0.3, 0.4) is 0 Å². The van der Waals surface area contributed by atoms with Gasteiger partial charge in [0.05, 0.1) is 11.1 Å². The number of halogens is 1. The Bertz CT molecular complexity index is 1000. The number of aliphatic hydroxyl groups is 1. The van der Waals surface area contributed by atoms with Crippen LogP contribution >= 0.6 is 15.9 Å². The number of carbonyl (C=O) groups is 1. The molecule has 1 aliphatic rings. The van der Waals surface area contributed by atoms with Gasteiger partial charge in [0.25, 0.3) is 0 Å².